The van der Waals surface area contributed by atoms with Crippen LogP contribution in [0.4, 0.5) is 10.1 Å². The summed E-state index contributed by atoms with van der Waals surface area (Å²) in [5.41, 5.74) is 1.09. The first kappa shape index (κ1) is 17.9. The fourth-order valence-electron chi connectivity index (χ4n) is 2.27. The zero-order chi connectivity index (χ0) is 17.5. The molecule has 0 radical (unpaired) electrons. The van der Waals surface area contributed by atoms with E-state index in [0.717, 1.165) is 10.5 Å². The van der Waals surface area contributed by atoms with Crippen LogP contribution in [0.25, 0.3) is 0 Å². The van der Waals surface area contributed by atoms with Gasteiger partial charge in [0.05, 0.1) is 5.69 Å². The molecule has 0 aliphatic carbocycles. The van der Waals surface area contributed by atoms with Crippen LogP contribution in [0.2, 0.25) is 5.02 Å². The van der Waals surface area contributed by atoms with Crippen molar-refractivity contribution in [1.29, 1.82) is 0 Å². The predicted octanol–water partition coefficient (Wildman–Crippen LogP) is 3.19. The minimum Gasteiger partial charge on any atom is -0.354 e. The van der Waals surface area contributed by atoms with Gasteiger partial charge in [-0.1, -0.05) is 35.9 Å². The van der Waals surface area contributed by atoms with Gasteiger partial charge in [-0.25, -0.2) is 4.39 Å². The average molecular weight is 349 g/mol. The third kappa shape index (κ3) is 5.06. The maximum atomic E-state index is 13.8. The fraction of sp³-hybridized carbons (Fsp3) is 0.222. The van der Waals surface area contributed by atoms with Gasteiger partial charge >= 0.3 is 0 Å². The van der Waals surface area contributed by atoms with Crippen LogP contribution >= 0.6 is 11.6 Å². The molecule has 0 bridgehead atoms. The minimum absolute atomic E-state index is 0.0926. The van der Waals surface area contributed by atoms with E-state index in [4.69, 9.17) is 11.6 Å². The number of benzene rings is 2. The molecule has 0 aromatic heterocycles. The first-order valence-electron chi connectivity index (χ1n) is 7.51. The van der Waals surface area contributed by atoms with Gasteiger partial charge in [0.2, 0.25) is 11.8 Å². The van der Waals surface area contributed by atoms with Crippen molar-refractivity contribution in [2.75, 3.05) is 18.0 Å². The van der Waals surface area contributed by atoms with E-state index in [9.17, 15) is 14.0 Å². The number of rotatable bonds is 6. The van der Waals surface area contributed by atoms with Crippen LogP contribution in [-0.4, -0.2) is 24.9 Å². The van der Waals surface area contributed by atoms with E-state index in [1.54, 1.807) is 12.1 Å². The van der Waals surface area contributed by atoms with Crippen molar-refractivity contribution in [3.8, 4) is 0 Å². The van der Waals surface area contributed by atoms with Gasteiger partial charge in [-0.3, -0.25) is 9.59 Å². The Balaban J connectivity index is 1.92. The van der Waals surface area contributed by atoms with Crippen molar-refractivity contribution in [2.24, 2.45) is 0 Å². The summed E-state index contributed by atoms with van der Waals surface area (Å²) in [5, 5.41) is 3.37. The lowest BCUT2D eigenvalue weighted by Gasteiger charge is -2.21. The summed E-state index contributed by atoms with van der Waals surface area (Å²) in [6.07, 6.45) is 0.617. The van der Waals surface area contributed by atoms with E-state index in [2.05, 4.69) is 5.32 Å². The molecule has 4 nitrogen and oxygen atoms in total. The zero-order valence-corrected chi connectivity index (χ0v) is 14.0. The van der Waals surface area contributed by atoms with Crippen LogP contribution in [-0.2, 0) is 16.0 Å². The average Bonchev–Trinajstić information content (AvgIpc) is 2.53. The number of para-hydroxylation sites is 1. The Hall–Kier alpha value is -2.40. The number of carbonyl (C=O) groups is 2. The van der Waals surface area contributed by atoms with E-state index in [1.165, 1.54) is 25.1 Å². The molecule has 0 unspecified atom stereocenters. The molecular weight excluding hydrogens is 331 g/mol. The quantitative estimate of drug-likeness (QED) is 0.871. The molecule has 24 heavy (non-hydrogen) atoms. The molecule has 2 rings (SSSR count). The molecule has 0 saturated heterocycles. The first-order chi connectivity index (χ1) is 11.5. The van der Waals surface area contributed by atoms with Crippen LogP contribution in [0.5, 0.6) is 0 Å². The van der Waals surface area contributed by atoms with Crippen LogP contribution in [0, 0.1) is 5.82 Å². The number of amides is 2. The summed E-state index contributed by atoms with van der Waals surface area (Å²) in [5.74, 6) is -1.29. The third-order valence-corrected chi connectivity index (χ3v) is 3.69. The molecule has 0 saturated carbocycles. The summed E-state index contributed by atoms with van der Waals surface area (Å²) in [6, 6.07) is 13.2. The lowest BCUT2D eigenvalue weighted by Crippen LogP contribution is -2.40. The fourth-order valence-corrected chi connectivity index (χ4v) is 2.49. The Morgan fingerprint density at radius 1 is 1.17 bits per heavy atom. The lowest BCUT2D eigenvalue weighted by molar-refractivity contribution is -0.123. The lowest BCUT2D eigenvalue weighted by atomic mass is 10.1. The number of hydrogen-bond donors (Lipinski definition) is 1. The third-order valence-electron chi connectivity index (χ3n) is 3.45. The van der Waals surface area contributed by atoms with Crippen molar-refractivity contribution in [2.45, 2.75) is 13.3 Å². The normalized spacial score (nSPS) is 10.3. The van der Waals surface area contributed by atoms with Gasteiger partial charge in [-0.05, 0) is 36.2 Å². The molecule has 0 spiro atoms. The van der Waals surface area contributed by atoms with Crippen molar-refractivity contribution in [1.82, 2.24) is 5.32 Å². The number of nitrogens with one attached hydrogen (secondary N) is 1. The number of halogens is 2. The van der Waals surface area contributed by atoms with Crippen molar-refractivity contribution in [3.63, 3.8) is 0 Å². The SMILES string of the molecule is CC(=O)N(CC(=O)NCCc1cccc(Cl)c1)c1ccccc1F. The van der Waals surface area contributed by atoms with Gasteiger partial charge in [0.25, 0.3) is 0 Å². The molecule has 0 atom stereocenters. The molecule has 2 amide bonds. The highest BCUT2D eigenvalue weighted by Gasteiger charge is 2.18. The first-order valence-corrected chi connectivity index (χ1v) is 7.89. The summed E-state index contributed by atoms with van der Waals surface area (Å²) in [6.45, 7) is 1.47. The second-order valence-corrected chi connectivity index (χ2v) is 5.72. The maximum Gasteiger partial charge on any atom is 0.240 e. The minimum atomic E-state index is -0.542. The Bertz CT molecular complexity index is 736. The molecule has 0 aliphatic heterocycles. The molecule has 0 fully saturated rings. The van der Waals surface area contributed by atoms with Crippen molar-refractivity contribution in [3.05, 3.63) is 64.9 Å². The number of anilines is 1. The van der Waals surface area contributed by atoms with Gasteiger partial charge in [-0.15, -0.1) is 0 Å². The van der Waals surface area contributed by atoms with E-state index < -0.39 is 11.7 Å². The molecule has 0 heterocycles. The highest BCUT2D eigenvalue weighted by molar-refractivity contribution is 6.30. The largest absolute Gasteiger partial charge is 0.354 e. The Labute approximate surface area is 145 Å². The second kappa shape index (κ2) is 8.45. The summed E-state index contributed by atoms with van der Waals surface area (Å²) < 4.78 is 13.8. The van der Waals surface area contributed by atoms with E-state index >= 15 is 0 Å². The van der Waals surface area contributed by atoms with Crippen LogP contribution in [0.3, 0.4) is 0 Å². The van der Waals surface area contributed by atoms with Crippen LogP contribution in [0.1, 0.15) is 12.5 Å². The highest BCUT2D eigenvalue weighted by atomic mass is 35.5. The van der Waals surface area contributed by atoms with Crippen LogP contribution < -0.4 is 10.2 Å². The molecule has 2 aromatic rings. The van der Waals surface area contributed by atoms with Crippen molar-refractivity contribution < 1.29 is 14.0 Å². The number of carbonyl (C=O) groups excluding carboxylic acids is 2. The van der Waals surface area contributed by atoms with Gasteiger partial charge in [0.1, 0.15) is 12.4 Å². The highest BCUT2D eigenvalue weighted by Crippen LogP contribution is 2.18. The predicted molar refractivity (Wildman–Crippen MR) is 92.6 cm³/mol. The van der Waals surface area contributed by atoms with Crippen LogP contribution in [0.15, 0.2) is 48.5 Å². The van der Waals surface area contributed by atoms with Gasteiger partial charge < -0.3 is 10.2 Å². The van der Waals surface area contributed by atoms with Gasteiger partial charge in [-0.2, -0.15) is 0 Å². The summed E-state index contributed by atoms with van der Waals surface area (Å²) in [7, 11) is 0. The Kier molecular flexibility index (Phi) is 6.32. The topological polar surface area (TPSA) is 49.4 Å². The second-order valence-electron chi connectivity index (χ2n) is 5.29. The van der Waals surface area contributed by atoms with E-state index in [-0.39, 0.29) is 18.1 Å². The molecule has 0 aliphatic rings. The monoisotopic (exact) mass is 348 g/mol. The van der Waals surface area contributed by atoms with Gasteiger partial charge in [0.15, 0.2) is 0 Å². The maximum absolute atomic E-state index is 13.8. The van der Waals surface area contributed by atoms with Gasteiger partial charge in [0, 0.05) is 18.5 Å². The standard InChI is InChI=1S/C18H18ClFN2O2/c1-13(23)22(17-8-3-2-7-16(17)20)12-18(24)21-10-9-14-5-4-6-15(19)11-14/h2-8,11H,9-10,12H2,1H3,(H,21,24). The number of hydrogen-bond acceptors (Lipinski definition) is 2. The Morgan fingerprint density at radius 3 is 2.58 bits per heavy atom. The molecular formula is C18H18ClFN2O2. The molecule has 2 aromatic carbocycles. The van der Waals surface area contributed by atoms with E-state index in [0.29, 0.717) is 18.0 Å². The molecule has 126 valence electrons. The summed E-state index contributed by atoms with van der Waals surface area (Å²) in [4.78, 5) is 24.9. The number of nitrogens with zero attached hydrogens (tertiary/aromatic N) is 1. The zero-order valence-electron chi connectivity index (χ0n) is 13.3. The summed E-state index contributed by atoms with van der Waals surface area (Å²) >= 11 is 5.91. The van der Waals surface area contributed by atoms with E-state index in [1.807, 2.05) is 18.2 Å². The smallest absolute Gasteiger partial charge is 0.240 e. The Morgan fingerprint density at radius 2 is 1.92 bits per heavy atom. The van der Waals surface area contributed by atoms with Crippen molar-refractivity contribution >= 4 is 29.1 Å². The molecule has 1 N–H and O–H groups in total. The molecule has 6 heteroatoms.